The van der Waals surface area contributed by atoms with Crippen LogP contribution in [0.1, 0.15) is 26.3 Å². The number of esters is 1. The Hall–Kier alpha value is -1.84. The van der Waals surface area contributed by atoms with Crippen molar-refractivity contribution in [1.29, 1.82) is 0 Å². The number of carboxylic acids is 1. The van der Waals surface area contributed by atoms with Crippen LogP contribution in [0.5, 0.6) is 0 Å². The van der Waals surface area contributed by atoms with E-state index in [0.717, 1.165) is 5.56 Å². The number of carboxylic acid groups (broad SMARTS) is 1. The summed E-state index contributed by atoms with van der Waals surface area (Å²) < 4.78 is 5.04. The number of carbonyl (C=O) groups excluding carboxylic acids is 1. The lowest BCUT2D eigenvalue weighted by Gasteiger charge is -2.20. The molecule has 1 N–H and O–H groups in total. The summed E-state index contributed by atoms with van der Waals surface area (Å²) in [6.07, 6.45) is -0.961. The molecule has 0 bridgehead atoms. The Morgan fingerprint density at radius 1 is 1.22 bits per heavy atom. The molecule has 0 spiro atoms. The molecule has 4 nitrogen and oxygen atoms in total. The third-order valence-electron chi connectivity index (χ3n) is 2.40. The monoisotopic (exact) mass is 250 g/mol. The molecule has 0 aliphatic rings. The highest BCUT2D eigenvalue weighted by Crippen LogP contribution is 2.18. The van der Waals surface area contributed by atoms with E-state index in [0.29, 0.717) is 0 Å². The molecule has 98 valence electrons. The molecule has 4 heteroatoms. The van der Waals surface area contributed by atoms with Crippen molar-refractivity contribution in [2.45, 2.75) is 33.3 Å². The second kappa shape index (κ2) is 5.67. The zero-order valence-electron chi connectivity index (χ0n) is 10.8. The summed E-state index contributed by atoms with van der Waals surface area (Å²) >= 11 is 0. The maximum atomic E-state index is 11.7. The van der Waals surface area contributed by atoms with Gasteiger partial charge in [0.15, 0.2) is 0 Å². The molecule has 0 fully saturated rings. The van der Waals surface area contributed by atoms with Gasteiger partial charge >= 0.3 is 11.9 Å². The van der Waals surface area contributed by atoms with Crippen molar-refractivity contribution in [2.75, 3.05) is 0 Å². The van der Waals surface area contributed by atoms with Crippen LogP contribution in [0.2, 0.25) is 0 Å². The van der Waals surface area contributed by atoms with E-state index in [1.54, 1.807) is 32.9 Å². The van der Waals surface area contributed by atoms with Gasteiger partial charge in [0.25, 0.3) is 0 Å². The molecule has 0 saturated heterocycles. The number of benzene rings is 1. The first-order valence-corrected chi connectivity index (χ1v) is 5.78. The van der Waals surface area contributed by atoms with E-state index in [1.165, 1.54) is 0 Å². The Morgan fingerprint density at radius 3 is 2.22 bits per heavy atom. The minimum absolute atomic E-state index is 0.179. The third kappa shape index (κ3) is 4.20. The second-order valence-corrected chi connectivity index (χ2v) is 5.17. The Labute approximate surface area is 107 Å². The molecule has 0 aromatic heterocycles. The van der Waals surface area contributed by atoms with Gasteiger partial charge in [-0.1, -0.05) is 30.3 Å². The summed E-state index contributed by atoms with van der Waals surface area (Å²) in [5.74, 6) is -1.64. The van der Waals surface area contributed by atoms with Gasteiger partial charge in [0, 0.05) is 6.42 Å². The standard InChI is InChI=1S/C14H18O4/c1-14(2,3)13(17)18-11(12(15)16)9-10-7-5-4-6-8-10/h4-8,11H,9H2,1-3H3,(H,15,16)/t11-/m0/s1. The predicted octanol–water partition coefficient (Wildman–Crippen LogP) is 2.27. The minimum atomic E-state index is -1.14. The molecule has 1 rings (SSSR count). The van der Waals surface area contributed by atoms with Crippen LogP contribution < -0.4 is 0 Å². The van der Waals surface area contributed by atoms with Crippen molar-refractivity contribution in [3.05, 3.63) is 35.9 Å². The molecular formula is C14H18O4. The fraction of sp³-hybridized carbons (Fsp3) is 0.429. The van der Waals surface area contributed by atoms with Crippen LogP contribution in [-0.4, -0.2) is 23.1 Å². The second-order valence-electron chi connectivity index (χ2n) is 5.17. The van der Waals surface area contributed by atoms with Crippen molar-refractivity contribution in [3.8, 4) is 0 Å². The summed E-state index contributed by atoms with van der Waals surface area (Å²) in [7, 11) is 0. The number of hydrogen-bond donors (Lipinski definition) is 1. The summed E-state index contributed by atoms with van der Waals surface area (Å²) in [4.78, 5) is 22.8. The zero-order chi connectivity index (χ0) is 13.8. The fourth-order valence-corrected chi connectivity index (χ4v) is 1.31. The number of ether oxygens (including phenoxy) is 1. The van der Waals surface area contributed by atoms with Gasteiger partial charge in [-0.15, -0.1) is 0 Å². The number of rotatable bonds is 4. The van der Waals surface area contributed by atoms with Gasteiger partial charge in [0.1, 0.15) is 0 Å². The molecule has 1 aromatic carbocycles. The van der Waals surface area contributed by atoms with Gasteiger partial charge in [0.2, 0.25) is 6.10 Å². The number of carbonyl (C=O) groups is 2. The van der Waals surface area contributed by atoms with Gasteiger partial charge < -0.3 is 9.84 Å². The summed E-state index contributed by atoms with van der Waals surface area (Å²) in [6.45, 7) is 5.07. The van der Waals surface area contributed by atoms with Crippen molar-refractivity contribution in [2.24, 2.45) is 5.41 Å². The Morgan fingerprint density at radius 2 is 1.78 bits per heavy atom. The number of aliphatic carboxylic acids is 1. The SMILES string of the molecule is CC(C)(C)C(=O)O[C@@H](Cc1ccccc1)C(=O)O. The summed E-state index contributed by atoms with van der Waals surface area (Å²) in [5.41, 5.74) is 0.122. The number of hydrogen-bond acceptors (Lipinski definition) is 3. The van der Waals surface area contributed by atoms with Crippen LogP contribution in [0.15, 0.2) is 30.3 Å². The van der Waals surface area contributed by atoms with Gasteiger partial charge in [0.05, 0.1) is 5.41 Å². The smallest absolute Gasteiger partial charge is 0.345 e. The topological polar surface area (TPSA) is 63.6 Å². The lowest BCUT2D eigenvalue weighted by atomic mass is 9.97. The third-order valence-corrected chi connectivity index (χ3v) is 2.40. The molecule has 0 heterocycles. The average Bonchev–Trinajstić information content (AvgIpc) is 2.28. The van der Waals surface area contributed by atoms with E-state index in [4.69, 9.17) is 9.84 Å². The van der Waals surface area contributed by atoms with Crippen LogP contribution in [0, 0.1) is 5.41 Å². The van der Waals surface area contributed by atoms with Crippen LogP contribution in [0.4, 0.5) is 0 Å². The first-order valence-electron chi connectivity index (χ1n) is 5.78. The van der Waals surface area contributed by atoms with Gasteiger partial charge in [-0.2, -0.15) is 0 Å². The predicted molar refractivity (Wildman–Crippen MR) is 67.1 cm³/mol. The van der Waals surface area contributed by atoms with Crippen LogP contribution in [-0.2, 0) is 20.7 Å². The molecule has 0 unspecified atom stereocenters. The van der Waals surface area contributed by atoms with E-state index >= 15 is 0 Å². The summed E-state index contributed by atoms with van der Waals surface area (Å²) in [5, 5.41) is 9.07. The van der Waals surface area contributed by atoms with E-state index in [2.05, 4.69) is 0 Å². The van der Waals surface area contributed by atoms with Crippen molar-refractivity contribution in [1.82, 2.24) is 0 Å². The Kier molecular flexibility index (Phi) is 4.48. The molecule has 0 amide bonds. The van der Waals surface area contributed by atoms with E-state index in [-0.39, 0.29) is 6.42 Å². The minimum Gasteiger partial charge on any atom is -0.478 e. The molecule has 1 aromatic rings. The molecule has 18 heavy (non-hydrogen) atoms. The van der Waals surface area contributed by atoms with Crippen molar-refractivity contribution >= 4 is 11.9 Å². The van der Waals surface area contributed by atoms with E-state index in [1.807, 2.05) is 18.2 Å². The first-order chi connectivity index (χ1) is 8.30. The quantitative estimate of drug-likeness (QED) is 0.833. The van der Waals surface area contributed by atoms with Gasteiger partial charge in [-0.05, 0) is 26.3 Å². The molecule has 0 aliphatic heterocycles. The molecular weight excluding hydrogens is 232 g/mol. The first kappa shape index (κ1) is 14.2. The molecule has 0 saturated carbocycles. The van der Waals surface area contributed by atoms with Crippen LogP contribution >= 0.6 is 0 Å². The van der Waals surface area contributed by atoms with Crippen LogP contribution in [0.3, 0.4) is 0 Å². The maximum absolute atomic E-state index is 11.7. The van der Waals surface area contributed by atoms with Crippen molar-refractivity contribution in [3.63, 3.8) is 0 Å². The maximum Gasteiger partial charge on any atom is 0.345 e. The highest BCUT2D eigenvalue weighted by Gasteiger charge is 2.29. The lowest BCUT2D eigenvalue weighted by molar-refractivity contribution is -0.169. The van der Waals surface area contributed by atoms with Crippen LogP contribution in [0.25, 0.3) is 0 Å². The normalized spacial score (nSPS) is 12.8. The summed E-state index contributed by atoms with van der Waals surface area (Å²) in [6, 6.07) is 9.10. The Bertz CT molecular complexity index is 417. The molecule has 0 aliphatic carbocycles. The van der Waals surface area contributed by atoms with Crippen molar-refractivity contribution < 1.29 is 19.4 Å². The Balaban J connectivity index is 2.73. The largest absolute Gasteiger partial charge is 0.478 e. The molecule has 0 radical (unpaired) electrons. The zero-order valence-corrected chi connectivity index (χ0v) is 10.8. The fourth-order valence-electron chi connectivity index (χ4n) is 1.31. The van der Waals surface area contributed by atoms with Gasteiger partial charge in [-0.25, -0.2) is 4.79 Å². The van der Waals surface area contributed by atoms with E-state index < -0.39 is 23.5 Å². The molecule has 1 atom stereocenters. The highest BCUT2D eigenvalue weighted by atomic mass is 16.6. The van der Waals surface area contributed by atoms with Gasteiger partial charge in [-0.3, -0.25) is 4.79 Å². The lowest BCUT2D eigenvalue weighted by Crippen LogP contribution is -2.34. The average molecular weight is 250 g/mol. The highest BCUT2D eigenvalue weighted by molar-refractivity contribution is 5.81. The van der Waals surface area contributed by atoms with E-state index in [9.17, 15) is 9.59 Å².